The monoisotopic (exact) mass is 674 g/mol. The number of aliphatic hydroxyl groups excluding tert-OH is 1. The van der Waals surface area contributed by atoms with E-state index < -0.39 is 25.9 Å². The molecule has 2 amide bonds. The highest BCUT2D eigenvalue weighted by molar-refractivity contribution is 6.91. The first kappa shape index (κ1) is 35.6. The first-order valence-corrected chi connectivity index (χ1v) is 20.0. The molecule has 2 fully saturated rings. The zero-order valence-corrected chi connectivity index (χ0v) is 30.5. The van der Waals surface area contributed by atoms with Crippen LogP contribution in [-0.2, 0) is 29.5 Å². The number of hydrogen-bond donors (Lipinski definition) is 1. The number of anilines is 2. The topological polar surface area (TPSA) is 106 Å². The second-order valence-corrected chi connectivity index (χ2v) is 18.9. The van der Waals surface area contributed by atoms with E-state index in [9.17, 15) is 19.5 Å². The third-order valence-electron chi connectivity index (χ3n) is 10.4. The number of benzene rings is 2. The van der Waals surface area contributed by atoms with Crippen LogP contribution in [0.4, 0.5) is 11.4 Å². The number of carbonyl (C=O) groups excluding carboxylic acids is 3. The Kier molecular flexibility index (Phi) is 10.4. The molecule has 1 N–H and O–H groups in total. The average molecular weight is 675 g/mol. The van der Waals surface area contributed by atoms with Crippen molar-refractivity contribution in [2.45, 2.75) is 96.9 Å². The normalized spacial score (nSPS) is 25.3. The predicted octanol–water partition coefficient (Wildman–Crippen LogP) is 5.96. The van der Waals surface area contributed by atoms with Gasteiger partial charge in [0.1, 0.15) is 5.75 Å². The minimum absolute atomic E-state index is 0.0146. The van der Waals surface area contributed by atoms with E-state index >= 15 is 0 Å². The highest BCUT2D eigenvalue weighted by atomic mass is 28.3. The fraction of sp³-hybridized carbons (Fsp3) is 0.500. The molecule has 2 aromatic carbocycles. The molecule has 1 spiro atoms. The molecule has 9 nitrogen and oxygen atoms in total. The highest BCUT2D eigenvalue weighted by Gasteiger charge is 2.66. The molecule has 0 radical (unpaired) electrons. The molecule has 3 aliphatic heterocycles. The van der Waals surface area contributed by atoms with Gasteiger partial charge in [0.25, 0.3) is 5.91 Å². The molecule has 0 bridgehead atoms. The third kappa shape index (κ3) is 6.37. The number of rotatable bonds is 12. The van der Waals surface area contributed by atoms with Gasteiger partial charge in [-0.05, 0) is 75.9 Å². The predicted molar refractivity (Wildman–Crippen MR) is 190 cm³/mol. The molecule has 2 aromatic rings. The Morgan fingerprint density at radius 3 is 2.40 bits per heavy atom. The highest BCUT2D eigenvalue weighted by Crippen LogP contribution is 2.60. The third-order valence-corrected chi connectivity index (χ3v) is 14.8. The lowest BCUT2D eigenvalue weighted by atomic mass is 9.82. The Bertz CT molecular complexity index is 1610. The van der Waals surface area contributed by atoms with Crippen LogP contribution < -0.4 is 19.7 Å². The van der Waals surface area contributed by atoms with Gasteiger partial charge in [-0.15, -0.1) is 0 Å². The number of β-lactam (4-membered cyclic amide) rings is 1. The Morgan fingerprint density at radius 2 is 1.79 bits per heavy atom. The van der Waals surface area contributed by atoms with Crippen molar-refractivity contribution >= 4 is 42.4 Å². The van der Waals surface area contributed by atoms with Gasteiger partial charge in [0.05, 0.1) is 33.4 Å². The summed E-state index contributed by atoms with van der Waals surface area (Å²) in [5, 5.41) is 11.5. The van der Waals surface area contributed by atoms with E-state index in [0.29, 0.717) is 24.2 Å². The Morgan fingerprint density at radius 1 is 1.08 bits per heavy atom. The van der Waals surface area contributed by atoms with Gasteiger partial charge in [-0.3, -0.25) is 19.3 Å². The summed E-state index contributed by atoms with van der Waals surface area (Å²) < 4.78 is 17.9. The molecular formula is C38H50N2O7Si. The molecule has 258 valence electrons. The molecule has 3 aliphatic rings. The van der Waals surface area contributed by atoms with Crippen LogP contribution in [-0.4, -0.2) is 63.6 Å². The van der Waals surface area contributed by atoms with Crippen molar-refractivity contribution < 1.29 is 33.7 Å². The van der Waals surface area contributed by atoms with Crippen molar-refractivity contribution in [3.63, 3.8) is 0 Å². The maximum atomic E-state index is 14.9. The lowest BCUT2D eigenvalue weighted by molar-refractivity contribution is -0.153. The molecule has 10 heteroatoms. The second-order valence-electron chi connectivity index (χ2n) is 14.2. The first-order chi connectivity index (χ1) is 22.8. The van der Waals surface area contributed by atoms with Crippen molar-refractivity contribution in [2.75, 3.05) is 30.1 Å². The number of fused-ring (bicyclic) bond motifs is 2. The van der Waals surface area contributed by atoms with Crippen LogP contribution in [0.5, 0.6) is 5.75 Å². The fourth-order valence-corrected chi connectivity index (χ4v) is 12.0. The fourth-order valence-electron chi connectivity index (χ4n) is 7.95. The summed E-state index contributed by atoms with van der Waals surface area (Å²) in [6, 6.07) is 13.7. The maximum absolute atomic E-state index is 14.9. The molecular weight excluding hydrogens is 625 g/mol. The first-order valence-electron chi connectivity index (χ1n) is 16.9. The lowest BCUT2D eigenvalue weighted by Crippen LogP contribution is -2.55. The number of hydrogen-bond acceptors (Lipinski definition) is 7. The number of allylic oxidation sites excluding steroid dienone is 3. The molecule has 2 saturated heterocycles. The largest absolute Gasteiger partial charge is 0.497 e. The van der Waals surface area contributed by atoms with Gasteiger partial charge in [0.15, 0.2) is 11.8 Å². The molecule has 48 heavy (non-hydrogen) atoms. The summed E-state index contributed by atoms with van der Waals surface area (Å²) in [6.45, 7) is 14.6. The van der Waals surface area contributed by atoms with Gasteiger partial charge < -0.3 is 24.2 Å². The summed E-state index contributed by atoms with van der Waals surface area (Å²) in [7, 11) is -0.696. The summed E-state index contributed by atoms with van der Waals surface area (Å²) in [5.41, 5.74) is 3.15. The SMILES string of the molecule is COc1ccc([Si](C)(C)[C@@H]2[C@@H](CCO)O[C@]3(C(=O)N(C/C=C(\C)CCC=C(C)C)c4ccc(N5C(=O)CC5OC(C)=O)cc43)[C@H]2C)cc1. The van der Waals surface area contributed by atoms with Crippen LogP contribution >= 0.6 is 0 Å². The lowest BCUT2D eigenvalue weighted by Gasteiger charge is -2.39. The van der Waals surface area contributed by atoms with Crippen LogP contribution in [0.1, 0.15) is 65.9 Å². The van der Waals surface area contributed by atoms with Gasteiger partial charge in [0.2, 0.25) is 5.91 Å². The van der Waals surface area contributed by atoms with Gasteiger partial charge in [-0.25, -0.2) is 0 Å². The number of nitrogens with zero attached hydrogens (tertiary/aromatic N) is 2. The van der Waals surface area contributed by atoms with Crippen molar-refractivity contribution in [1.29, 1.82) is 0 Å². The summed E-state index contributed by atoms with van der Waals surface area (Å²) in [6.07, 6.45) is 5.61. The second kappa shape index (κ2) is 14.0. The van der Waals surface area contributed by atoms with Crippen molar-refractivity contribution in [1.82, 2.24) is 0 Å². The Hall–Kier alpha value is -3.73. The average Bonchev–Trinajstić information content (AvgIpc) is 3.45. The number of amides is 2. The number of methoxy groups -OCH3 is 1. The van der Waals surface area contributed by atoms with E-state index in [0.717, 1.165) is 24.3 Å². The standard InChI is InChI=1S/C38H50N2O7Si/c1-24(2)10-9-11-25(3)18-20-39-32-17-12-28(40-34(43)23-35(40)46-27(5)42)22-31(32)38(37(39)44)26(4)36(33(47-38)19-21-41)48(7,8)30-15-13-29(45-6)14-16-30/h10,12-18,22,26,33,35-36,41H,9,11,19-21,23H2,1-8H3/b25-18+/t26-,33+,35?,36-,38+/m0/s1. The molecule has 5 atom stereocenters. The molecule has 0 aliphatic carbocycles. The van der Waals surface area contributed by atoms with E-state index in [2.05, 4.69) is 65.1 Å². The van der Waals surface area contributed by atoms with Crippen LogP contribution in [0, 0.1) is 5.92 Å². The smallest absolute Gasteiger partial charge is 0.304 e. The zero-order valence-electron chi connectivity index (χ0n) is 29.5. The minimum atomic E-state index is -2.35. The molecule has 0 aromatic heterocycles. The summed E-state index contributed by atoms with van der Waals surface area (Å²) in [4.78, 5) is 42.9. The van der Waals surface area contributed by atoms with Crippen molar-refractivity contribution in [3.05, 3.63) is 71.3 Å². The van der Waals surface area contributed by atoms with E-state index in [1.54, 1.807) is 7.11 Å². The van der Waals surface area contributed by atoms with Gasteiger partial charge in [-0.2, -0.15) is 0 Å². The van der Waals surface area contributed by atoms with Gasteiger partial charge >= 0.3 is 5.97 Å². The molecule has 1 unspecified atom stereocenters. The van der Waals surface area contributed by atoms with Gasteiger partial charge in [0, 0.05) is 37.2 Å². The van der Waals surface area contributed by atoms with E-state index in [1.807, 2.05) is 35.2 Å². The zero-order chi connectivity index (χ0) is 35.0. The van der Waals surface area contributed by atoms with E-state index in [4.69, 9.17) is 14.2 Å². The van der Waals surface area contributed by atoms with Crippen molar-refractivity contribution in [2.24, 2.45) is 5.92 Å². The minimum Gasteiger partial charge on any atom is -0.497 e. The summed E-state index contributed by atoms with van der Waals surface area (Å²) >= 11 is 0. The quantitative estimate of drug-likeness (QED) is 0.128. The van der Waals surface area contributed by atoms with Crippen molar-refractivity contribution in [3.8, 4) is 5.75 Å². The number of carbonyl (C=O) groups is 3. The van der Waals surface area contributed by atoms with E-state index in [-0.39, 0.29) is 42.4 Å². The Labute approximate surface area is 285 Å². The van der Waals surface area contributed by atoms with Crippen LogP contribution in [0.3, 0.4) is 0 Å². The maximum Gasteiger partial charge on any atom is 0.304 e. The number of esters is 1. The molecule has 3 heterocycles. The molecule has 5 rings (SSSR count). The summed E-state index contributed by atoms with van der Waals surface area (Å²) in [5.74, 6) is -0.218. The van der Waals surface area contributed by atoms with Gasteiger partial charge in [-0.1, -0.05) is 60.6 Å². The van der Waals surface area contributed by atoms with Crippen LogP contribution in [0.15, 0.2) is 65.8 Å². The molecule has 0 saturated carbocycles. The number of ether oxygens (including phenoxy) is 3. The van der Waals surface area contributed by atoms with Crippen LogP contribution in [0.2, 0.25) is 18.6 Å². The Balaban J connectivity index is 1.59. The van der Waals surface area contributed by atoms with Crippen LogP contribution in [0.25, 0.3) is 0 Å². The number of aliphatic hydroxyl groups is 1. The van der Waals surface area contributed by atoms with E-state index in [1.165, 1.54) is 28.2 Å².